The van der Waals surface area contributed by atoms with E-state index in [9.17, 15) is 18.4 Å². The smallest absolute Gasteiger partial charge is 0.387 e. The number of aromatic nitrogens is 2. The van der Waals surface area contributed by atoms with Gasteiger partial charge in [-0.25, -0.2) is 4.79 Å². The van der Waals surface area contributed by atoms with E-state index in [1.807, 2.05) is 6.92 Å². The SMILES string of the molecule is CCc1nnsc1C(=O)OCC(=O)NCc1ccc(OC(F)F)c(OC)c1. The summed E-state index contributed by atoms with van der Waals surface area (Å²) in [5, 5.41) is 6.35. The Balaban J connectivity index is 1.85. The minimum Gasteiger partial charge on any atom is -0.493 e. The van der Waals surface area contributed by atoms with Crippen molar-refractivity contribution in [2.75, 3.05) is 13.7 Å². The van der Waals surface area contributed by atoms with Crippen molar-refractivity contribution in [2.45, 2.75) is 26.5 Å². The molecule has 0 bridgehead atoms. The van der Waals surface area contributed by atoms with Gasteiger partial charge in [-0.2, -0.15) is 8.78 Å². The van der Waals surface area contributed by atoms with E-state index in [0.717, 1.165) is 11.5 Å². The van der Waals surface area contributed by atoms with Crippen molar-refractivity contribution in [3.8, 4) is 11.5 Å². The zero-order valence-corrected chi connectivity index (χ0v) is 15.3. The van der Waals surface area contributed by atoms with Gasteiger partial charge >= 0.3 is 12.6 Å². The molecule has 0 unspecified atom stereocenters. The monoisotopic (exact) mass is 401 g/mol. The summed E-state index contributed by atoms with van der Waals surface area (Å²) in [6.45, 7) is -1.53. The second-order valence-electron chi connectivity index (χ2n) is 5.12. The highest BCUT2D eigenvalue weighted by atomic mass is 32.1. The van der Waals surface area contributed by atoms with E-state index in [0.29, 0.717) is 17.7 Å². The van der Waals surface area contributed by atoms with Crippen molar-refractivity contribution in [3.05, 3.63) is 34.3 Å². The molecule has 8 nitrogen and oxygen atoms in total. The van der Waals surface area contributed by atoms with Gasteiger partial charge in [0, 0.05) is 6.54 Å². The van der Waals surface area contributed by atoms with Gasteiger partial charge in [0.25, 0.3) is 5.91 Å². The molecule has 27 heavy (non-hydrogen) atoms. The highest BCUT2D eigenvalue weighted by Gasteiger charge is 2.18. The van der Waals surface area contributed by atoms with Crippen molar-refractivity contribution in [1.29, 1.82) is 0 Å². The number of halogens is 2. The summed E-state index contributed by atoms with van der Waals surface area (Å²) >= 11 is 0.907. The van der Waals surface area contributed by atoms with Crippen molar-refractivity contribution in [1.82, 2.24) is 14.9 Å². The fourth-order valence-corrected chi connectivity index (χ4v) is 2.70. The minimum absolute atomic E-state index is 0.0873. The van der Waals surface area contributed by atoms with E-state index in [1.54, 1.807) is 0 Å². The maximum absolute atomic E-state index is 12.3. The van der Waals surface area contributed by atoms with Gasteiger partial charge in [0.2, 0.25) is 0 Å². The molecule has 146 valence electrons. The van der Waals surface area contributed by atoms with E-state index >= 15 is 0 Å². The number of nitrogens with one attached hydrogen (secondary N) is 1. The molecule has 1 heterocycles. The number of rotatable bonds is 9. The minimum atomic E-state index is -2.97. The van der Waals surface area contributed by atoms with Gasteiger partial charge in [-0.1, -0.05) is 17.5 Å². The molecule has 1 N–H and O–H groups in total. The average Bonchev–Trinajstić information content (AvgIpc) is 3.13. The predicted molar refractivity (Wildman–Crippen MR) is 91.0 cm³/mol. The largest absolute Gasteiger partial charge is 0.493 e. The van der Waals surface area contributed by atoms with E-state index in [-0.39, 0.29) is 22.9 Å². The molecule has 0 saturated heterocycles. The number of alkyl halides is 2. The molecule has 2 aromatic rings. The van der Waals surface area contributed by atoms with Gasteiger partial charge in [-0.05, 0) is 35.6 Å². The lowest BCUT2D eigenvalue weighted by Gasteiger charge is -2.12. The molecule has 0 radical (unpaired) electrons. The van der Waals surface area contributed by atoms with Crippen LogP contribution in [0, 0.1) is 0 Å². The molecule has 0 aliphatic rings. The van der Waals surface area contributed by atoms with Crippen LogP contribution in [0.4, 0.5) is 8.78 Å². The van der Waals surface area contributed by atoms with E-state index in [1.165, 1.54) is 25.3 Å². The molecule has 0 aliphatic carbocycles. The summed E-state index contributed by atoms with van der Waals surface area (Å²) in [4.78, 5) is 24.0. The first-order chi connectivity index (χ1) is 12.9. The van der Waals surface area contributed by atoms with Crippen molar-refractivity contribution >= 4 is 23.4 Å². The van der Waals surface area contributed by atoms with Crippen LogP contribution in [-0.2, 0) is 22.5 Å². The first kappa shape index (κ1) is 20.5. The summed E-state index contributed by atoms with van der Waals surface area (Å²) in [7, 11) is 1.31. The number of carbonyl (C=O) groups excluding carboxylic acids is 2. The maximum Gasteiger partial charge on any atom is 0.387 e. The zero-order chi connectivity index (χ0) is 19.8. The number of ether oxygens (including phenoxy) is 3. The number of amides is 1. The fraction of sp³-hybridized carbons (Fsp3) is 0.375. The Morgan fingerprint density at radius 2 is 2.07 bits per heavy atom. The van der Waals surface area contributed by atoms with Gasteiger partial charge in [-0.3, -0.25) is 4.79 Å². The lowest BCUT2D eigenvalue weighted by Crippen LogP contribution is -2.28. The van der Waals surface area contributed by atoms with Gasteiger partial charge in [-0.15, -0.1) is 5.10 Å². The Hall–Kier alpha value is -2.82. The molecule has 0 aliphatic heterocycles. The van der Waals surface area contributed by atoms with Crippen LogP contribution in [0.15, 0.2) is 18.2 Å². The number of hydrogen-bond donors (Lipinski definition) is 1. The van der Waals surface area contributed by atoms with E-state index in [4.69, 9.17) is 9.47 Å². The first-order valence-electron chi connectivity index (χ1n) is 7.81. The normalized spacial score (nSPS) is 10.6. The van der Waals surface area contributed by atoms with Crippen LogP contribution in [-0.4, -0.2) is 41.8 Å². The summed E-state index contributed by atoms with van der Waals surface area (Å²) in [6.07, 6.45) is 0.528. The van der Waals surface area contributed by atoms with Crippen LogP contribution in [0.25, 0.3) is 0 Å². The van der Waals surface area contributed by atoms with Crippen LogP contribution < -0.4 is 14.8 Å². The van der Waals surface area contributed by atoms with Gasteiger partial charge in [0.15, 0.2) is 23.0 Å². The summed E-state index contributed by atoms with van der Waals surface area (Å²) < 4.78 is 42.5. The molecule has 1 aromatic carbocycles. The standard InChI is InChI=1S/C16H17F2N3O5S/c1-3-10-14(27-21-20-10)15(23)25-8-13(22)19-7-9-4-5-11(26-16(17)18)12(6-9)24-2/h4-6,16H,3,7-8H2,1-2H3,(H,19,22). The highest BCUT2D eigenvalue weighted by molar-refractivity contribution is 7.07. The Kier molecular flexibility index (Phi) is 7.41. The number of aryl methyl sites for hydroxylation is 1. The molecule has 0 saturated carbocycles. The topological polar surface area (TPSA) is 99.6 Å². The molecule has 0 spiro atoms. The molecular weight excluding hydrogens is 384 g/mol. The lowest BCUT2D eigenvalue weighted by molar-refractivity contribution is -0.124. The van der Waals surface area contributed by atoms with Gasteiger partial charge in [0.1, 0.15) is 0 Å². The second-order valence-corrected chi connectivity index (χ2v) is 5.87. The van der Waals surface area contributed by atoms with Crippen LogP contribution >= 0.6 is 11.5 Å². The van der Waals surface area contributed by atoms with Crippen molar-refractivity contribution in [2.24, 2.45) is 0 Å². The van der Waals surface area contributed by atoms with Crippen LogP contribution in [0.2, 0.25) is 0 Å². The number of methoxy groups -OCH3 is 1. The van der Waals surface area contributed by atoms with Gasteiger partial charge < -0.3 is 19.5 Å². The summed E-state index contributed by atoms with van der Waals surface area (Å²) in [5.74, 6) is -1.18. The number of carbonyl (C=O) groups is 2. The lowest BCUT2D eigenvalue weighted by atomic mass is 10.2. The number of esters is 1. The Morgan fingerprint density at radius 1 is 1.30 bits per heavy atom. The van der Waals surface area contributed by atoms with Crippen LogP contribution in [0.1, 0.15) is 27.9 Å². The van der Waals surface area contributed by atoms with E-state index < -0.39 is 25.1 Å². The Bertz CT molecular complexity index is 800. The predicted octanol–water partition coefficient (Wildman–Crippen LogP) is 2.18. The number of benzene rings is 1. The quantitative estimate of drug-likeness (QED) is 0.643. The third-order valence-electron chi connectivity index (χ3n) is 3.34. The number of hydrogen-bond acceptors (Lipinski definition) is 8. The summed E-state index contributed by atoms with van der Waals surface area (Å²) in [5.41, 5.74) is 1.11. The Labute approximate surface area is 157 Å². The molecule has 1 amide bonds. The van der Waals surface area contributed by atoms with Crippen LogP contribution in [0.3, 0.4) is 0 Å². The first-order valence-corrected chi connectivity index (χ1v) is 8.58. The molecule has 1 aromatic heterocycles. The third kappa shape index (κ3) is 5.84. The van der Waals surface area contributed by atoms with Crippen molar-refractivity contribution in [3.63, 3.8) is 0 Å². The number of nitrogens with zero attached hydrogens (tertiary/aromatic N) is 2. The highest BCUT2D eigenvalue weighted by Crippen LogP contribution is 2.29. The molecule has 2 rings (SSSR count). The molecule has 0 atom stereocenters. The molecular formula is C16H17F2N3O5S. The zero-order valence-electron chi connectivity index (χ0n) is 14.5. The van der Waals surface area contributed by atoms with E-state index in [2.05, 4.69) is 19.6 Å². The summed E-state index contributed by atoms with van der Waals surface area (Å²) in [6, 6.07) is 4.28. The molecule has 11 heteroatoms. The second kappa shape index (κ2) is 9.76. The maximum atomic E-state index is 12.3. The average molecular weight is 401 g/mol. The fourth-order valence-electron chi connectivity index (χ4n) is 2.06. The van der Waals surface area contributed by atoms with Crippen molar-refractivity contribution < 1.29 is 32.6 Å². The Morgan fingerprint density at radius 3 is 2.74 bits per heavy atom. The molecule has 0 fully saturated rings. The van der Waals surface area contributed by atoms with Crippen LogP contribution in [0.5, 0.6) is 11.5 Å². The third-order valence-corrected chi connectivity index (χ3v) is 4.09. The van der Waals surface area contributed by atoms with Gasteiger partial charge in [0.05, 0.1) is 12.8 Å².